The zero-order valence-corrected chi connectivity index (χ0v) is 12.9. The largest absolute Gasteiger partial charge is 0.513 e. The van der Waals surface area contributed by atoms with Crippen LogP contribution >= 0.6 is 0 Å². The van der Waals surface area contributed by atoms with Crippen LogP contribution < -0.4 is 4.74 Å². The van der Waals surface area contributed by atoms with Crippen LogP contribution in [0.4, 0.5) is 4.79 Å². The van der Waals surface area contributed by atoms with Gasteiger partial charge in [-0.1, -0.05) is 45.9 Å². The highest BCUT2D eigenvalue weighted by Gasteiger charge is 2.18. The van der Waals surface area contributed by atoms with Crippen LogP contribution in [0.1, 0.15) is 57.1 Å². The summed E-state index contributed by atoms with van der Waals surface area (Å²) < 4.78 is 10.1. The lowest BCUT2D eigenvalue weighted by Gasteiger charge is -2.18. The molecule has 0 bridgehead atoms. The first-order valence-corrected chi connectivity index (χ1v) is 7.02. The molecule has 1 aromatic rings. The molecule has 0 atom stereocenters. The zero-order chi connectivity index (χ0) is 16.0. The molecule has 0 aliphatic heterocycles. The van der Waals surface area contributed by atoms with E-state index in [1.807, 2.05) is 45.9 Å². The van der Waals surface area contributed by atoms with Crippen molar-refractivity contribution in [2.75, 3.05) is 6.61 Å². The number of para-hydroxylation sites is 1. The molecule has 1 N–H and O–H groups in total. The van der Waals surface area contributed by atoms with Gasteiger partial charge in [-0.05, 0) is 23.0 Å². The fourth-order valence-corrected chi connectivity index (χ4v) is 1.94. The van der Waals surface area contributed by atoms with E-state index in [9.17, 15) is 9.59 Å². The third-order valence-corrected chi connectivity index (χ3v) is 3.04. The minimum absolute atomic E-state index is 0.199. The number of hydrogen-bond donors (Lipinski definition) is 1. The van der Waals surface area contributed by atoms with Gasteiger partial charge < -0.3 is 14.6 Å². The first-order chi connectivity index (χ1) is 9.82. The van der Waals surface area contributed by atoms with Gasteiger partial charge in [0, 0.05) is 0 Å². The second-order valence-corrected chi connectivity index (χ2v) is 5.42. The number of hydrogen-bond acceptors (Lipinski definition) is 4. The molecule has 0 spiro atoms. The molecule has 0 unspecified atom stereocenters. The Bertz CT molecular complexity index is 479. The molecule has 0 aliphatic carbocycles. The van der Waals surface area contributed by atoms with Gasteiger partial charge in [0.25, 0.3) is 0 Å². The average Bonchev–Trinajstić information content (AvgIpc) is 2.37. The van der Waals surface area contributed by atoms with E-state index >= 15 is 0 Å². The molecule has 5 nitrogen and oxygen atoms in total. The standard InChI is InChI=1S/C16H22O5/c1-10(2)12-6-5-7-13(11(3)4)15(12)21-16(19)20-9-8-14(17)18/h5-7,10-11H,8-9H2,1-4H3,(H,17,18). The average molecular weight is 294 g/mol. The smallest absolute Gasteiger partial charge is 0.481 e. The molecule has 1 aromatic carbocycles. The van der Waals surface area contributed by atoms with Crippen molar-refractivity contribution in [2.24, 2.45) is 0 Å². The van der Waals surface area contributed by atoms with Crippen LogP contribution in [-0.4, -0.2) is 23.8 Å². The number of carbonyl (C=O) groups excluding carboxylic acids is 1. The molecule has 1 rings (SSSR count). The molecule has 21 heavy (non-hydrogen) atoms. The second-order valence-electron chi connectivity index (χ2n) is 5.42. The fraction of sp³-hybridized carbons (Fsp3) is 0.500. The van der Waals surface area contributed by atoms with Gasteiger partial charge in [-0.25, -0.2) is 4.79 Å². The molecular formula is C16H22O5. The summed E-state index contributed by atoms with van der Waals surface area (Å²) in [5.41, 5.74) is 1.85. The molecule has 0 aliphatic rings. The van der Waals surface area contributed by atoms with Crippen molar-refractivity contribution in [1.29, 1.82) is 0 Å². The molecule has 0 aromatic heterocycles. The van der Waals surface area contributed by atoms with Crippen LogP contribution in [0.2, 0.25) is 0 Å². The number of ether oxygens (including phenoxy) is 2. The molecule has 0 heterocycles. The van der Waals surface area contributed by atoms with Crippen LogP contribution in [-0.2, 0) is 9.53 Å². The molecule has 0 radical (unpaired) electrons. The molecule has 0 amide bonds. The van der Waals surface area contributed by atoms with Crippen LogP contribution in [0.3, 0.4) is 0 Å². The summed E-state index contributed by atoms with van der Waals surface area (Å²) >= 11 is 0. The van der Waals surface area contributed by atoms with Crippen molar-refractivity contribution in [1.82, 2.24) is 0 Å². The summed E-state index contributed by atoms with van der Waals surface area (Å²) in [5.74, 6) is -0.105. The molecule has 0 saturated heterocycles. The van der Waals surface area contributed by atoms with E-state index < -0.39 is 12.1 Å². The van der Waals surface area contributed by atoms with E-state index in [4.69, 9.17) is 14.6 Å². The molecular weight excluding hydrogens is 272 g/mol. The van der Waals surface area contributed by atoms with Gasteiger partial charge in [-0.2, -0.15) is 0 Å². The molecule has 0 saturated carbocycles. The number of benzene rings is 1. The predicted molar refractivity (Wildman–Crippen MR) is 78.8 cm³/mol. The monoisotopic (exact) mass is 294 g/mol. The maximum absolute atomic E-state index is 11.7. The minimum atomic E-state index is -1.02. The Balaban J connectivity index is 2.89. The van der Waals surface area contributed by atoms with E-state index in [0.717, 1.165) is 11.1 Å². The van der Waals surface area contributed by atoms with Crippen LogP contribution in [0.25, 0.3) is 0 Å². The predicted octanol–water partition coefficient (Wildman–Crippen LogP) is 3.92. The Labute approximate surface area is 124 Å². The topological polar surface area (TPSA) is 72.8 Å². The van der Waals surface area contributed by atoms with Crippen molar-refractivity contribution in [2.45, 2.75) is 46.0 Å². The molecule has 0 fully saturated rings. The normalized spacial score (nSPS) is 10.8. The highest BCUT2D eigenvalue weighted by atomic mass is 16.7. The van der Waals surface area contributed by atoms with Crippen molar-refractivity contribution in [3.05, 3.63) is 29.3 Å². The first-order valence-electron chi connectivity index (χ1n) is 7.02. The van der Waals surface area contributed by atoms with Gasteiger partial charge in [0.05, 0.1) is 6.42 Å². The highest BCUT2D eigenvalue weighted by Crippen LogP contribution is 2.34. The molecule has 116 valence electrons. The summed E-state index contributed by atoms with van der Waals surface area (Å²) in [4.78, 5) is 22.1. The number of carbonyl (C=O) groups is 2. The number of carboxylic acid groups (broad SMARTS) is 1. The van der Waals surface area contributed by atoms with Crippen molar-refractivity contribution < 1.29 is 24.2 Å². The summed E-state index contributed by atoms with van der Waals surface area (Å²) in [6.45, 7) is 7.86. The maximum Gasteiger partial charge on any atom is 0.513 e. The Morgan fingerprint density at radius 3 is 2.05 bits per heavy atom. The second kappa shape index (κ2) is 7.67. The lowest BCUT2D eigenvalue weighted by atomic mass is 9.94. The highest BCUT2D eigenvalue weighted by molar-refractivity contribution is 5.68. The van der Waals surface area contributed by atoms with E-state index in [-0.39, 0.29) is 24.9 Å². The first kappa shape index (κ1) is 17.0. The van der Waals surface area contributed by atoms with Gasteiger partial charge in [0.15, 0.2) is 0 Å². The van der Waals surface area contributed by atoms with E-state index in [2.05, 4.69) is 0 Å². The van der Waals surface area contributed by atoms with Crippen molar-refractivity contribution >= 4 is 12.1 Å². The summed E-state index contributed by atoms with van der Waals surface area (Å²) in [6, 6.07) is 5.76. The lowest BCUT2D eigenvalue weighted by Crippen LogP contribution is -2.15. The Hall–Kier alpha value is -2.04. The van der Waals surface area contributed by atoms with Crippen LogP contribution in [0.5, 0.6) is 5.75 Å². The Morgan fingerprint density at radius 1 is 1.10 bits per heavy atom. The van der Waals surface area contributed by atoms with E-state index in [0.29, 0.717) is 5.75 Å². The van der Waals surface area contributed by atoms with Crippen LogP contribution in [0.15, 0.2) is 18.2 Å². The SMILES string of the molecule is CC(C)c1cccc(C(C)C)c1OC(=O)OCCC(=O)O. The summed E-state index contributed by atoms with van der Waals surface area (Å²) in [6.07, 6.45) is -1.11. The fourth-order valence-electron chi connectivity index (χ4n) is 1.94. The minimum Gasteiger partial charge on any atom is -0.481 e. The van der Waals surface area contributed by atoms with Crippen molar-refractivity contribution in [3.8, 4) is 5.75 Å². The van der Waals surface area contributed by atoms with Gasteiger partial charge in [0.2, 0.25) is 0 Å². The third-order valence-electron chi connectivity index (χ3n) is 3.04. The zero-order valence-electron chi connectivity index (χ0n) is 12.9. The lowest BCUT2D eigenvalue weighted by molar-refractivity contribution is -0.137. The summed E-state index contributed by atoms with van der Waals surface area (Å²) in [7, 11) is 0. The van der Waals surface area contributed by atoms with Gasteiger partial charge in [0.1, 0.15) is 12.4 Å². The van der Waals surface area contributed by atoms with E-state index in [1.165, 1.54) is 0 Å². The molecule has 5 heteroatoms. The van der Waals surface area contributed by atoms with Gasteiger partial charge in [-0.3, -0.25) is 4.79 Å². The van der Waals surface area contributed by atoms with Gasteiger partial charge >= 0.3 is 12.1 Å². The third kappa shape index (κ3) is 5.10. The Kier molecular flexibility index (Phi) is 6.21. The maximum atomic E-state index is 11.7. The summed E-state index contributed by atoms with van der Waals surface area (Å²) in [5, 5.41) is 8.52. The van der Waals surface area contributed by atoms with E-state index in [1.54, 1.807) is 0 Å². The number of carboxylic acids is 1. The van der Waals surface area contributed by atoms with Gasteiger partial charge in [-0.15, -0.1) is 0 Å². The van der Waals surface area contributed by atoms with Crippen molar-refractivity contribution in [3.63, 3.8) is 0 Å². The number of aliphatic carboxylic acids is 1. The van der Waals surface area contributed by atoms with Crippen LogP contribution in [0, 0.1) is 0 Å². The Morgan fingerprint density at radius 2 is 1.62 bits per heavy atom. The quantitative estimate of drug-likeness (QED) is 0.636. The number of rotatable bonds is 6.